The third-order valence-electron chi connectivity index (χ3n) is 3.08. The summed E-state index contributed by atoms with van der Waals surface area (Å²) in [5.74, 6) is -0.553. The van der Waals surface area contributed by atoms with Gasteiger partial charge in [0.1, 0.15) is 11.8 Å². The van der Waals surface area contributed by atoms with E-state index in [1.807, 2.05) is 6.92 Å². The topological polar surface area (TPSA) is 91.6 Å². The first-order valence-electron chi connectivity index (χ1n) is 6.29. The normalized spacial score (nSPS) is 15.3. The summed E-state index contributed by atoms with van der Waals surface area (Å²) in [5.41, 5.74) is 0. The molecule has 6 nitrogen and oxygen atoms in total. The van der Waals surface area contributed by atoms with E-state index in [0.717, 1.165) is 0 Å². The van der Waals surface area contributed by atoms with Crippen molar-refractivity contribution in [1.82, 2.24) is 10.6 Å². The second-order valence-electron chi connectivity index (χ2n) is 4.56. The molecule has 0 bridgehead atoms. The number of hydrogen-bond acceptors (Lipinski definition) is 3. The van der Waals surface area contributed by atoms with Gasteiger partial charge in [0.05, 0.1) is 12.3 Å². The van der Waals surface area contributed by atoms with Crippen LogP contribution in [0.15, 0.2) is 22.8 Å². The van der Waals surface area contributed by atoms with Crippen LogP contribution in [0.1, 0.15) is 39.0 Å². The van der Waals surface area contributed by atoms with E-state index in [-0.39, 0.29) is 12.0 Å². The quantitative estimate of drug-likeness (QED) is 0.737. The lowest BCUT2D eigenvalue weighted by Crippen LogP contribution is -2.49. The van der Waals surface area contributed by atoms with Crippen LogP contribution in [0.25, 0.3) is 0 Å². The van der Waals surface area contributed by atoms with Crippen LogP contribution in [-0.4, -0.2) is 23.1 Å². The van der Waals surface area contributed by atoms with Gasteiger partial charge in [-0.15, -0.1) is 0 Å². The molecule has 1 aromatic rings. The Morgan fingerprint density at radius 1 is 1.37 bits per heavy atom. The van der Waals surface area contributed by atoms with E-state index >= 15 is 0 Å². The first-order valence-corrected chi connectivity index (χ1v) is 6.29. The van der Waals surface area contributed by atoms with Gasteiger partial charge < -0.3 is 20.2 Å². The van der Waals surface area contributed by atoms with Crippen molar-refractivity contribution < 1.29 is 19.1 Å². The highest BCUT2D eigenvalue weighted by atomic mass is 16.4. The SMILES string of the molecule is CCC(C)[C@H](NC(=O)NC(C)c1ccco1)C(=O)O. The van der Waals surface area contributed by atoms with Crippen LogP contribution in [0.2, 0.25) is 0 Å². The molecule has 19 heavy (non-hydrogen) atoms. The molecule has 0 aromatic carbocycles. The molecule has 0 aliphatic carbocycles. The van der Waals surface area contributed by atoms with Crippen LogP contribution in [0.5, 0.6) is 0 Å². The number of rotatable bonds is 6. The molecule has 2 amide bonds. The van der Waals surface area contributed by atoms with Gasteiger partial charge in [-0.25, -0.2) is 9.59 Å². The van der Waals surface area contributed by atoms with Gasteiger partial charge in [-0.1, -0.05) is 20.3 Å². The fourth-order valence-electron chi connectivity index (χ4n) is 1.67. The van der Waals surface area contributed by atoms with E-state index in [2.05, 4.69) is 10.6 Å². The zero-order chi connectivity index (χ0) is 14.4. The number of carbonyl (C=O) groups excluding carboxylic acids is 1. The molecule has 3 atom stereocenters. The van der Waals surface area contributed by atoms with Crippen LogP contribution in [0.3, 0.4) is 0 Å². The Kier molecular flexibility index (Phi) is 5.41. The lowest BCUT2D eigenvalue weighted by molar-refractivity contribution is -0.140. The molecular weight excluding hydrogens is 248 g/mol. The predicted octanol–water partition coefficient (Wildman–Crippen LogP) is 2.14. The van der Waals surface area contributed by atoms with Crippen molar-refractivity contribution in [1.29, 1.82) is 0 Å². The summed E-state index contributed by atoms with van der Waals surface area (Å²) < 4.78 is 5.16. The monoisotopic (exact) mass is 268 g/mol. The minimum Gasteiger partial charge on any atom is -0.480 e. The Morgan fingerprint density at radius 2 is 2.05 bits per heavy atom. The molecule has 106 valence electrons. The Labute approximate surface area is 112 Å². The Balaban J connectivity index is 2.56. The number of carboxylic acids is 1. The number of aliphatic carboxylic acids is 1. The summed E-state index contributed by atoms with van der Waals surface area (Å²) in [4.78, 5) is 22.8. The first kappa shape index (κ1) is 15.1. The molecule has 3 N–H and O–H groups in total. The van der Waals surface area contributed by atoms with E-state index in [1.54, 1.807) is 26.0 Å². The summed E-state index contributed by atoms with van der Waals surface area (Å²) in [5, 5.41) is 14.2. The largest absolute Gasteiger partial charge is 0.480 e. The fourth-order valence-corrected chi connectivity index (χ4v) is 1.67. The van der Waals surface area contributed by atoms with Gasteiger partial charge in [0.15, 0.2) is 0 Å². The molecular formula is C13H20N2O4. The molecule has 0 radical (unpaired) electrons. The number of nitrogens with one attached hydrogen (secondary N) is 2. The van der Waals surface area contributed by atoms with Crippen LogP contribution >= 0.6 is 0 Å². The highest BCUT2D eigenvalue weighted by molar-refractivity contribution is 5.82. The summed E-state index contributed by atoms with van der Waals surface area (Å²) in [6.07, 6.45) is 2.19. The molecule has 0 aliphatic rings. The maximum absolute atomic E-state index is 11.8. The van der Waals surface area contributed by atoms with E-state index in [1.165, 1.54) is 6.26 Å². The minimum atomic E-state index is -1.03. The standard InChI is InChI=1S/C13H20N2O4/c1-4-8(2)11(12(16)17)15-13(18)14-9(3)10-6-5-7-19-10/h5-9,11H,4H2,1-3H3,(H,16,17)(H2,14,15,18)/t8?,9?,11-/m0/s1. The Hall–Kier alpha value is -1.98. The highest BCUT2D eigenvalue weighted by Crippen LogP contribution is 2.12. The lowest BCUT2D eigenvalue weighted by atomic mass is 9.99. The maximum atomic E-state index is 11.8. The van der Waals surface area contributed by atoms with Crippen molar-refractivity contribution in [3.05, 3.63) is 24.2 Å². The van der Waals surface area contributed by atoms with Crippen LogP contribution in [0, 0.1) is 5.92 Å². The maximum Gasteiger partial charge on any atom is 0.326 e. The molecule has 2 unspecified atom stereocenters. The van der Waals surface area contributed by atoms with E-state index in [0.29, 0.717) is 12.2 Å². The Morgan fingerprint density at radius 3 is 2.53 bits per heavy atom. The molecule has 6 heteroatoms. The van der Waals surface area contributed by atoms with Crippen molar-refractivity contribution in [2.24, 2.45) is 5.92 Å². The number of carboxylic acid groups (broad SMARTS) is 1. The van der Waals surface area contributed by atoms with Gasteiger partial charge in [0, 0.05) is 0 Å². The van der Waals surface area contributed by atoms with E-state index < -0.39 is 18.0 Å². The van der Waals surface area contributed by atoms with Gasteiger partial charge in [-0.05, 0) is 25.0 Å². The lowest BCUT2D eigenvalue weighted by Gasteiger charge is -2.21. The van der Waals surface area contributed by atoms with Crippen LogP contribution in [-0.2, 0) is 4.79 Å². The average Bonchev–Trinajstić information content (AvgIpc) is 2.88. The van der Waals surface area contributed by atoms with Crippen molar-refractivity contribution >= 4 is 12.0 Å². The number of carbonyl (C=O) groups is 2. The van der Waals surface area contributed by atoms with E-state index in [4.69, 9.17) is 9.52 Å². The summed E-state index contributed by atoms with van der Waals surface area (Å²) in [7, 11) is 0. The van der Waals surface area contributed by atoms with Gasteiger partial charge in [0.2, 0.25) is 0 Å². The molecule has 0 saturated carbocycles. The van der Waals surface area contributed by atoms with Gasteiger partial charge in [-0.2, -0.15) is 0 Å². The smallest absolute Gasteiger partial charge is 0.326 e. The Bertz CT molecular complexity index is 416. The van der Waals surface area contributed by atoms with Crippen molar-refractivity contribution in [3.63, 3.8) is 0 Å². The summed E-state index contributed by atoms with van der Waals surface area (Å²) in [6.45, 7) is 5.43. The minimum absolute atomic E-state index is 0.137. The third kappa shape index (κ3) is 4.31. The van der Waals surface area contributed by atoms with Crippen molar-refractivity contribution in [3.8, 4) is 0 Å². The van der Waals surface area contributed by atoms with Crippen molar-refractivity contribution in [2.75, 3.05) is 0 Å². The molecule has 0 spiro atoms. The predicted molar refractivity (Wildman–Crippen MR) is 69.7 cm³/mol. The number of hydrogen-bond donors (Lipinski definition) is 3. The molecule has 1 aromatic heterocycles. The molecule has 0 saturated heterocycles. The second kappa shape index (κ2) is 6.82. The number of urea groups is 1. The molecule has 1 rings (SSSR count). The number of amides is 2. The second-order valence-corrected chi connectivity index (χ2v) is 4.56. The van der Waals surface area contributed by atoms with Crippen LogP contribution in [0.4, 0.5) is 4.79 Å². The fraction of sp³-hybridized carbons (Fsp3) is 0.538. The average molecular weight is 268 g/mol. The van der Waals surface area contributed by atoms with Gasteiger partial charge in [-0.3, -0.25) is 0 Å². The van der Waals surface area contributed by atoms with E-state index in [9.17, 15) is 9.59 Å². The van der Waals surface area contributed by atoms with Gasteiger partial charge >= 0.3 is 12.0 Å². The molecule has 0 fully saturated rings. The van der Waals surface area contributed by atoms with Crippen molar-refractivity contribution in [2.45, 2.75) is 39.3 Å². The third-order valence-corrected chi connectivity index (χ3v) is 3.08. The zero-order valence-corrected chi connectivity index (χ0v) is 11.3. The highest BCUT2D eigenvalue weighted by Gasteiger charge is 2.25. The zero-order valence-electron chi connectivity index (χ0n) is 11.3. The number of furan rings is 1. The van der Waals surface area contributed by atoms with Crippen LogP contribution < -0.4 is 10.6 Å². The first-order chi connectivity index (χ1) is 8.95. The van der Waals surface area contributed by atoms with Gasteiger partial charge in [0.25, 0.3) is 0 Å². The molecule has 0 aliphatic heterocycles. The summed E-state index contributed by atoms with van der Waals surface area (Å²) >= 11 is 0. The summed E-state index contributed by atoms with van der Waals surface area (Å²) in [6, 6.07) is 1.74. The molecule has 1 heterocycles.